The van der Waals surface area contributed by atoms with Gasteiger partial charge in [-0.3, -0.25) is 4.79 Å². The number of nitrogens with one attached hydrogen (secondary N) is 1. The standard InChI is InChI=1S/C17H20N2O/c1-13-8-7-11-19(15(13)3)12-17(20)18-14(2)16-9-5-4-6-10-16/h4-11,14H,12H2,1-3H3/p+1/t14-/m0/s1. The van der Waals surface area contributed by atoms with Crippen molar-refractivity contribution in [1.29, 1.82) is 0 Å². The molecule has 1 amide bonds. The van der Waals surface area contributed by atoms with Crippen molar-refractivity contribution in [2.45, 2.75) is 33.4 Å². The van der Waals surface area contributed by atoms with E-state index in [9.17, 15) is 4.79 Å². The SMILES string of the molecule is Cc1ccc[n+](CC(=O)N[C@@H](C)c2ccccc2)c1C. The maximum absolute atomic E-state index is 12.1. The molecule has 0 aliphatic rings. The summed E-state index contributed by atoms with van der Waals surface area (Å²) >= 11 is 0. The maximum Gasteiger partial charge on any atom is 0.286 e. The first-order valence-electron chi connectivity index (χ1n) is 6.88. The van der Waals surface area contributed by atoms with Gasteiger partial charge in [-0.05, 0) is 25.5 Å². The van der Waals surface area contributed by atoms with E-state index in [1.807, 2.05) is 61.0 Å². The van der Waals surface area contributed by atoms with Crippen molar-refractivity contribution >= 4 is 5.91 Å². The molecule has 1 aromatic heterocycles. The van der Waals surface area contributed by atoms with Gasteiger partial charge in [0.2, 0.25) is 6.54 Å². The van der Waals surface area contributed by atoms with Gasteiger partial charge in [0.15, 0.2) is 11.9 Å². The molecule has 3 heteroatoms. The van der Waals surface area contributed by atoms with Crippen LogP contribution in [0.2, 0.25) is 0 Å². The molecule has 0 saturated carbocycles. The zero-order chi connectivity index (χ0) is 14.5. The number of carbonyl (C=O) groups is 1. The van der Waals surface area contributed by atoms with Gasteiger partial charge in [0, 0.05) is 18.6 Å². The Morgan fingerprint density at radius 3 is 2.55 bits per heavy atom. The average molecular weight is 269 g/mol. The molecule has 104 valence electrons. The topological polar surface area (TPSA) is 33.0 Å². The number of nitrogens with zero attached hydrogens (tertiary/aromatic N) is 1. The number of aromatic nitrogens is 1. The lowest BCUT2D eigenvalue weighted by molar-refractivity contribution is -0.690. The second kappa shape index (κ2) is 6.33. The number of hydrogen-bond donors (Lipinski definition) is 1. The molecule has 20 heavy (non-hydrogen) atoms. The number of hydrogen-bond acceptors (Lipinski definition) is 1. The van der Waals surface area contributed by atoms with E-state index < -0.39 is 0 Å². The van der Waals surface area contributed by atoms with Gasteiger partial charge >= 0.3 is 0 Å². The van der Waals surface area contributed by atoms with E-state index in [-0.39, 0.29) is 11.9 Å². The van der Waals surface area contributed by atoms with E-state index >= 15 is 0 Å². The minimum atomic E-state index is 0.0226. The van der Waals surface area contributed by atoms with Crippen molar-refractivity contribution in [3.63, 3.8) is 0 Å². The van der Waals surface area contributed by atoms with E-state index in [2.05, 4.69) is 18.3 Å². The number of carbonyl (C=O) groups excluding carboxylic acids is 1. The van der Waals surface area contributed by atoms with Crippen LogP contribution in [0.15, 0.2) is 48.7 Å². The van der Waals surface area contributed by atoms with Gasteiger partial charge in [0.1, 0.15) is 0 Å². The third-order valence-corrected chi connectivity index (χ3v) is 3.60. The van der Waals surface area contributed by atoms with E-state index in [1.165, 1.54) is 5.56 Å². The normalized spacial score (nSPS) is 11.9. The number of amides is 1. The first-order chi connectivity index (χ1) is 9.58. The average Bonchev–Trinajstić information content (AvgIpc) is 2.45. The number of aryl methyl sites for hydroxylation is 1. The van der Waals surface area contributed by atoms with Gasteiger partial charge in [-0.1, -0.05) is 30.3 Å². The van der Waals surface area contributed by atoms with Gasteiger partial charge in [-0.15, -0.1) is 0 Å². The zero-order valence-electron chi connectivity index (χ0n) is 12.3. The van der Waals surface area contributed by atoms with E-state index in [0.29, 0.717) is 6.54 Å². The first kappa shape index (κ1) is 14.3. The quantitative estimate of drug-likeness (QED) is 0.850. The fourth-order valence-corrected chi connectivity index (χ4v) is 2.19. The highest BCUT2D eigenvalue weighted by Crippen LogP contribution is 2.10. The molecule has 2 rings (SSSR count). The van der Waals surface area contributed by atoms with E-state index in [1.54, 1.807) is 0 Å². The molecule has 0 bridgehead atoms. The van der Waals surface area contributed by atoms with Crippen molar-refractivity contribution in [1.82, 2.24) is 5.32 Å². The molecule has 0 aliphatic heterocycles. The fourth-order valence-electron chi connectivity index (χ4n) is 2.19. The number of benzene rings is 1. The summed E-state index contributed by atoms with van der Waals surface area (Å²) in [5, 5.41) is 3.03. The van der Waals surface area contributed by atoms with Crippen molar-refractivity contribution in [2.75, 3.05) is 0 Å². The van der Waals surface area contributed by atoms with Gasteiger partial charge in [0.25, 0.3) is 5.91 Å². The summed E-state index contributed by atoms with van der Waals surface area (Å²) < 4.78 is 1.97. The summed E-state index contributed by atoms with van der Waals surface area (Å²) in [6, 6.07) is 14.0. The van der Waals surface area contributed by atoms with Crippen LogP contribution in [0.1, 0.15) is 29.8 Å². The summed E-state index contributed by atoms with van der Waals surface area (Å²) in [6.45, 7) is 6.44. The van der Waals surface area contributed by atoms with Crippen LogP contribution in [-0.4, -0.2) is 5.91 Å². The molecule has 0 saturated heterocycles. The molecular formula is C17H21N2O+. The maximum atomic E-state index is 12.1. The van der Waals surface area contributed by atoms with Crippen LogP contribution in [0.5, 0.6) is 0 Å². The van der Waals surface area contributed by atoms with Crippen LogP contribution >= 0.6 is 0 Å². The Labute approximate surface area is 120 Å². The number of rotatable bonds is 4. The summed E-state index contributed by atoms with van der Waals surface area (Å²) in [7, 11) is 0. The highest BCUT2D eigenvalue weighted by molar-refractivity contribution is 5.74. The van der Waals surface area contributed by atoms with Gasteiger partial charge in [-0.25, -0.2) is 0 Å². The fraction of sp³-hybridized carbons (Fsp3) is 0.294. The minimum absolute atomic E-state index is 0.0226. The molecule has 0 spiro atoms. The van der Waals surface area contributed by atoms with E-state index in [0.717, 1.165) is 11.3 Å². The molecule has 0 aliphatic carbocycles. The molecular weight excluding hydrogens is 248 g/mol. The summed E-state index contributed by atoms with van der Waals surface area (Å²) in [5.41, 5.74) is 3.43. The van der Waals surface area contributed by atoms with Crippen molar-refractivity contribution in [3.05, 3.63) is 65.5 Å². The van der Waals surface area contributed by atoms with Crippen molar-refractivity contribution < 1.29 is 9.36 Å². The van der Waals surface area contributed by atoms with Gasteiger partial charge in [0.05, 0.1) is 6.04 Å². The Morgan fingerprint density at radius 1 is 1.15 bits per heavy atom. The lowest BCUT2D eigenvalue weighted by Gasteiger charge is -2.13. The molecule has 0 fully saturated rings. The molecule has 1 heterocycles. The molecule has 0 radical (unpaired) electrons. The van der Waals surface area contributed by atoms with Gasteiger partial charge < -0.3 is 5.32 Å². The second-order valence-corrected chi connectivity index (χ2v) is 5.10. The van der Waals surface area contributed by atoms with Gasteiger partial charge in [-0.2, -0.15) is 4.57 Å². The van der Waals surface area contributed by atoms with Crippen molar-refractivity contribution in [3.8, 4) is 0 Å². The summed E-state index contributed by atoms with van der Waals surface area (Å²) in [6.07, 6.45) is 1.94. The predicted octanol–water partition coefficient (Wildman–Crippen LogP) is 2.47. The van der Waals surface area contributed by atoms with Crippen LogP contribution in [0.3, 0.4) is 0 Å². The van der Waals surface area contributed by atoms with Crippen LogP contribution in [0.4, 0.5) is 0 Å². The van der Waals surface area contributed by atoms with Crippen molar-refractivity contribution in [2.24, 2.45) is 0 Å². The summed E-state index contributed by atoms with van der Waals surface area (Å²) in [4.78, 5) is 12.1. The third-order valence-electron chi connectivity index (χ3n) is 3.60. The molecule has 0 unspecified atom stereocenters. The molecule has 2 aromatic rings. The predicted molar refractivity (Wildman–Crippen MR) is 79.1 cm³/mol. The van der Waals surface area contributed by atoms with E-state index in [4.69, 9.17) is 0 Å². The van der Waals surface area contributed by atoms with Crippen LogP contribution in [0.25, 0.3) is 0 Å². The van der Waals surface area contributed by atoms with Crippen LogP contribution in [-0.2, 0) is 11.3 Å². The van der Waals surface area contributed by atoms with Crippen LogP contribution < -0.4 is 9.88 Å². The highest BCUT2D eigenvalue weighted by Gasteiger charge is 2.16. The lowest BCUT2D eigenvalue weighted by atomic mass is 10.1. The highest BCUT2D eigenvalue weighted by atomic mass is 16.2. The Kier molecular flexibility index (Phi) is 4.51. The summed E-state index contributed by atoms with van der Waals surface area (Å²) in [5.74, 6) is 0.0278. The minimum Gasteiger partial charge on any atom is -0.344 e. The smallest absolute Gasteiger partial charge is 0.286 e. The molecule has 1 atom stereocenters. The first-order valence-corrected chi connectivity index (χ1v) is 6.88. The molecule has 1 aromatic carbocycles. The second-order valence-electron chi connectivity index (χ2n) is 5.10. The largest absolute Gasteiger partial charge is 0.344 e. The Bertz CT molecular complexity index is 593. The monoisotopic (exact) mass is 269 g/mol. The van der Waals surface area contributed by atoms with Crippen LogP contribution in [0, 0.1) is 13.8 Å². The number of pyridine rings is 1. The molecule has 1 N–H and O–H groups in total. The Balaban J connectivity index is 2.01. The Hall–Kier alpha value is -2.16. The third kappa shape index (κ3) is 3.44. The Morgan fingerprint density at radius 2 is 1.85 bits per heavy atom. The zero-order valence-corrected chi connectivity index (χ0v) is 12.3. The lowest BCUT2D eigenvalue weighted by Crippen LogP contribution is -2.45. The molecule has 3 nitrogen and oxygen atoms in total.